The fourth-order valence-electron chi connectivity index (χ4n) is 2.36. The summed E-state index contributed by atoms with van der Waals surface area (Å²) in [5.74, 6) is -2.96. The molecule has 2 amide bonds. The molecule has 1 aliphatic heterocycles. The summed E-state index contributed by atoms with van der Waals surface area (Å²) in [4.78, 5) is 24.4. The summed E-state index contributed by atoms with van der Waals surface area (Å²) >= 11 is 0. The van der Waals surface area contributed by atoms with Crippen LogP contribution in [0.25, 0.3) is 0 Å². The minimum absolute atomic E-state index is 0.0128. The van der Waals surface area contributed by atoms with Gasteiger partial charge in [0.05, 0.1) is 0 Å². The molecule has 0 aliphatic carbocycles. The first-order valence-corrected chi connectivity index (χ1v) is 6.70. The molecule has 1 saturated heterocycles. The minimum Gasteiger partial charge on any atom is -0.480 e. The number of likely N-dealkylation sites (tertiary alicyclic amines) is 1. The predicted octanol–water partition coefficient (Wildman–Crippen LogP) is 2.11. The van der Waals surface area contributed by atoms with Crippen molar-refractivity contribution >= 4 is 12.0 Å². The first-order valence-electron chi connectivity index (χ1n) is 6.70. The SMILES string of the molecule is O=C(O)C1CCCCN1C(=O)NCc1ccc(F)c(F)c1. The van der Waals surface area contributed by atoms with Crippen LogP contribution in [-0.2, 0) is 11.3 Å². The van der Waals surface area contributed by atoms with Crippen LogP contribution in [0.4, 0.5) is 13.6 Å². The van der Waals surface area contributed by atoms with E-state index in [2.05, 4.69) is 5.32 Å². The second-order valence-electron chi connectivity index (χ2n) is 4.95. The van der Waals surface area contributed by atoms with E-state index in [1.165, 1.54) is 11.0 Å². The molecule has 1 aromatic rings. The first-order chi connectivity index (χ1) is 9.99. The molecule has 0 aromatic heterocycles. The predicted molar refractivity (Wildman–Crippen MR) is 70.6 cm³/mol. The minimum atomic E-state index is -1.03. The Kier molecular flexibility index (Phi) is 4.72. The van der Waals surface area contributed by atoms with Crippen LogP contribution in [0.2, 0.25) is 0 Å². The molecule has 1 fully saturated rings. The molecule has 0 saturated carbocycles. The molecule has 7 heteroatoms. The van der Waals surface area contributed by atoms with Crippen LogP contribution < -0.4 is 5.32 Å². The van der Waals surface area contributed by atoms with E-state index in [0.717, 1.165) is 25.0 Å². The fourth-order valence-corrected chi connectivity index (χ4v) is 2.36. The van der Waals surface area contributed by atoms with E-state index in [1.54, 1.807) is 0 Å². The molecule has 1 aliphatic rings. The average molecular weight is 298 g/mol. The van der Waals surface area contributed by atoms with E-state index in [-0.39, 0.29) is 6.54 Å². The molecular formula is C14H16F2N2O3. The van der Waals surface area contributed by atoms with E-state index < -0.39 is 29.7 Å². The standard InChI is InChI=1S/C14H16F2N2O3/c15-10-5-4-9(7-11(10)16)8-17-14(21)18-6-2-1-3-12(18)13(19)20/h4-5,7,12H,1-3,6,8H2,(H,17,21)(H,19,20). The van der Waals surface area contributed by atoms with Crippen molar-refractivity contribution < 1.29 is 23.5 Å². The van der Waals surface area contributed by atoms with Crippen molar-refractivity contribution in [1.82, 2.24) is 10.2 Å². The Labute approximate surface area is 120 Å². The van der Waals surface area contributed by atoms with Gasteiger partial charge in [-0.15, -0.1) is 0 Å². The van der Waals surface area contributed by atoms with Crippen molar-refractivity contribution in [2.24, 2.45) is 0 Å². The van der Waals surface area contributed by atoms with Gasteiger partial charge in [0.2, 0.25) is 0 Å². The lowest BCUT2D eigenvalue weighted by molar-refractivity contribution is -0.143. The molecule has 2 rings (SSSR count). The van der Waals surface area contributed by atoms with E-state index in [0.29, 0.717) is 18.5 Å². The van der Waals surface area contributed by atoms with Crippen molar-refractivity contribution in [1.29, 1.82) is 0 Å². The van der Waals surface area contributed by atoms with Gasteiger partial charge in [0, 0.05) is 13.1 Å². The van der Waals surface area contributed by atoms with Gasteiger partial charge in [0.25, 0.3) is 0 Å². The van der Waals surface area contributed by atoms with Gasteiger partial charge in [-0.1, -0.05) is 6.07 Å². The number of carbonyl (C=O) groups is 2. The monoisotopic (exact) mass is 298 g/mol. The molecule has 0 radical (unpaired) electrons. The van der Waals surface area contributed by atoms with E-state index in [4.69, 9.17) is 5.11 Å². The highest BCUT2D eigenvalue weighted by Gasteiger charge is 2.31. The summed E-state index contributed by atoms with van der Waals surface area (Å²) in [6, 6.07) is 2.01. The van der Waals surface area contributed by atoms with E-state index in [1.807, 2.05) is 0 Å². The maximum Gasteiger partial charge on any atom is 0.326 e. The van der Waals surface area contributed by atoms with Gasteiger partial charge in [-0.25, -0.2) is 18.4 Å². The van der Waals surface area contributed by atoms with Crippen molar-refractivity contribution in [2.75, 3.05) is 6.54 Å². The zero-order valence-corrected chi connectivity index (χ0v) is 11.3. The first kappa shape index (κ1) is 15.2. The van der Waals surface area contributed by atoms with Crippen LogP contribution >= 0.6 is 0 Å². The van der Waals surface area contributed by atoms with Gasteiger partial charge in [-0.05, 0) is 37.0 Å². The maximum absolute atomic E-state index is 13.1. The third-order valence-electron chi connectivity index (χ3n) is 3.48. The maximum atomic E-state index is 13.1. The summed E-state index contributed by atoms with van der Waals surface area (Å²) in [6.45, 7) is 0.388. The lowest BCUT2D eigenvalue weighted by Crippen LogP contribution is -2.51. The van der Waals surface area contributed by atoms with Gasteiger partial charge in [0.15, 0.2) is 11.6 Å². The van der Waals surface area contributed by atoms with Crippen LogP contribution in [0.15, 0.2) is 18.2 Å². The number of benzene rings is 1. The number of carboxylic acid groups (broad SMARTS) is 1. The molecular weight excluding hydrogens is 282 g/mol. The van der Waals surface area contributed by atoms with Gasteiger partial charge >= 0.3 is 12.0 Å². The van der Waals surface area contributed by atoms with Crippen molar-refractivity contribution in [2.45, 2.75) is 31.8 Å². The smallest absolute Gasteiger partial charge is 0.326 e. The molecule has 21 heavy (non-hydrogen) atoms. The molecule has 2 N–H and O–H groups in total. The zero-order chi connectivity index (χ0) is 15.4. The normalized spacial score (nSPS) is 18.4. The summed E-state index contributed by atoms with van der Waals surface area (Å²) in [6.07, 6.45) is 1.94. The largest absolute Gasteiger partial charge is 0.480 e. The lowest BCUT2D eigenvalue weighted by Gasteiger charge is -2.32. The number of carboxylic acids is 1. The molecule has 114 valence electrons. The third kappa shape index (κ3) is 3.68. The van der Waals surface area contributed by atoms with Crippen LogP contribution in [0, 0.1) is 11.6 Å². The summed E-state index contributed by atoms with van der Waals surface area (Å²) in [5.41, 5.74) is 0.408. The zero-order valence-electron chi connectivity index (χ0n) is 11.3. The molecule has 0 spiro atoms. The Balaban J connectivity index is 1.96. The van der Waals surface area contributed by atoms with Gasteiger partial charge in [-0.2, -0.15) is 0 Å². The summed E-state index contributed by atoms with van der Waals surface area (Å²) in [5, 5.41) is 11.6. The Morgan fingerprint density at radius 1 is 1.29 bits per heavy atom. The molecule has 5 nitrogen and oxygen atoms in total. The quantitative estimate of drug-likeness (QED) is 0.898. The number of halogens is 2. The van der Waals surface area contributed by atoms with Crippen LogP contribution in [0.3, 0.4) is 0 Å². The highest BCUT2D eigenvalue weighted by Crippen LogP contribution is 2.17. The number of rotatable bonds is 3. The van der Waals surface area contributed by atoms with E-state index in [9.17, 15) is 18.4 Å². The Bertz CT molecular complexity index is 551. The van der Waals surface area contributed by atoms with Crippen LogP contribution in [0.1, 0.15) is 24.8 Å². The molecule has 0 bridgehead atoms. The number of nitrogens with one attached hydrogen (secondary N) is 1. The van der Waals surface area contributed by atoms with Crippen LogP contribution in [-0.4, -0.2) is 34.6 Å². The highest BCUT2D eigenvalue weighted by molar-refractivity contribution is 5.82. The Morgan fingerprint density at radius 2 is 2.05 bits per heavy atom. The number of piperidine rings is 1. The Morgan fingerprint density at radius 3 is 2.71 bits per heavy atom. The second-order valence-corrected chi connectivity index (χ2v) is 4.95. The number of hydrogen-bond acceptors (Lipinski definition) is 2. The number of hydrogen-bond donors (Lipinski definition) is 2. The lowest BCUT2D eigenvalue weighted by atomic mass is 10.0. The second kappa shape index (κ2) is 6.51. The van der Waals surface area contributed by atoms with Crippen molar-refractivity contribution in [3.05, 3.63) is 35.4 Å². The number of aliphatic carboxylic acids is 1. The van der Waals surface area contributed by atoms with Gasteiger partial charge < -0.3 is 15.3 Å². The summed E-state index contributed by atoms with van der Waals surface area (Å²) in [7, 11) is 0. The van der Waals surface area contributed by atoms with Crippen LogP contribution in [0.5, 0.6) is 0 Å². The Hall–Kier alpha value is -2.18. The number of nitrogens with zero attached hydrogens (tertiary/aromatic N) is 1. The van der Waals surface area contributed by atoms with Crippen molar-refractivity contribution in [3.63, 3.8) is 0 Å². The summed E-state index contributed by atoms with van der Waals surface area (Å²) < 4.78 is 25.8. The number of carbonyl (C=O) groups excluding carboxylic acids is 1. The average Bonchev–Trinajstić information content (AvgIpc) is 2.48. The molecule has 1 aromatic carbocycles. The molecule has 1 heterocycles. The molecule has 1 unspecified atom stereocenters. The third-order valence-corrected chi connectivity index (χ3v) is 3.48. The molecule has 1 atom stereocenters. The van der Waals surface area contributed by atoms with Crippen molar-refractivity contribution in [3.8, 4) is 0 Å². The van der Waals surface area contributed by atoms with E-state index >= 15 is 0 Å². The topological polar surface area (TPSA) is 69.6 Å². The number of urea groups is 1. The number of amides is 2. The van der Waals surface area contributed by atoms with Gasteiger partial charge in [0.1, 0.15) is 6.04 Å². The highest BCUT2D eigenvalue weighted by atomic mass is 19.2. The fraction of sp³-hybridized carbons (Fsp3) is 0.429. The van der Waals surface area contributed by atoms with Gasteiger partial charge in [-0.3, -0.25) is 0 Å².